The zero-order chi connectivity index (χ0) is 12.3. The summed E-state index contributed by atoms with van der Waals surface area (Å²) in [4.78, 5) is 13.3. The molecule has 1 aromatic carbocycles. The molecular formula is C12H16FN3O. The van der Waals surface area contributed by atoms with Crippen LogP contribution in [0.1, 0.15) is 12.0 Å². The quantitative estimate of drug-likeness (QED) is 0.792. The second-order valence-corrected chi connectivity index (χ2v) is 4.10. The Morgan fingerprint density at radius 3 is 3.00 bits per heavy atom. The van der Waals surface area contributed by atoms with Gasteiger partial charge in [0.1, 0.15) is 5.82 Å². The highest BCUT2D eigenvalue weighted by atomic mass is 19.1. The van der Waals surface area contributed by atoms with Crippen LogP contribution in [-0.4, -0.2) is 25.5 Å². The highest BCUT2D eigenvalue weighted by Crippen LogP contribution is 2.19. The minimum atomic E-state index is -0.311. The molecule has 1 saturated heterocycles. The fourth-order valence-electron chi connectivity index (χ4n) is 1.92. The molecule has 1 aliphatic rings. The maximum absolute atomic E-state index is 13.6. The normalized spacial score (nSPS) is 16.6. The zero-order valence-corrected chi connectivity index (χ0v) is 9.58. The van der Waals surface area contributed by atoms with Crippen molar-refractivity contribution < 1.29 is 9.18 Å². The van der Waals surface area contributed by atoms with Crippen molar-refractivity contribution in [3.63, 3.8) is 0 Å². The molecule has 0 bridgehead atoms. The molecule has 1 fully saturated rings. The Morgan fingerprint density at radius 2 is 2.29 bits per heavy atom. The van der Waals surface area contributed by atoms with Crippen LogP contribution in [0.15, 0.2) is 18.2 Å². The van der Waals surface area contributed by atoms with E-state index in [1.807, 2.05) is 11.0 Å². The van der Waals surface area contributed by atoms with Crippen LogP contribution in [0.25, 0.3) is 0 Å². The summed E-state index contributed by atoms with van der Waals surface area (Å²) in [6.45, 7) is 1.90. The lowest BCUT2D eigenvalue weighted by Crippen LogP contribution is -2.33. The van der Waals surface area contributed by atoms with E-state index in [9.17, 15) is 9.18 Å². The van der Waals surface area contributed by atoms with Crippen molar-refractivity contribution in [2.75, 3.05) is 24.5 Å². The van der Waals surface area contributed by atoms with Crippen LogP contribution in [0.3, 0.4) is 0 Å². The molecule has 5 heteroatoms. The largest absolute Gasteiger partial charge is 0.362 e. The van der Waals surface area contributed by atoms with Gasteiger partial charge in [-0.3, -0.25) is 4.79 Å². The highest BCUT2D eigenvalue weighted by Gasteiger charge is 2.15. The first-order valence-corrected chi connectivity index (χ1v) is 5.71. The predicted molar refractivity (Wildman–Crippen MR) is 64.1 cm³/mol. The molecule has 1 amide bonds. The monoisotopic (exact) mass is 237 g/mol. The Kier molecular flexibility index (Phi) is 3.58. The lowest BCUT2D eigenvalue weighted by atomic mass is 10.1. The molecule has 4 nitrogen and oxygen atoms in total. The van der Waals surface area contributed by atoms with E-state index in [4.69, 9.17) is 5.73 Å². The van der Waals surface area contributed by atoms with E-state index >= 15 is 0 Å². The molecule has 0 unspecified atom stereocenters. The maximum Gasteiger partial charge on any atom is 0.239 e. The third-order valence-electron chi connectivity index (χ3n) is 2.88. The van der Waals surface area contributed by atoms with E-state index in [1.165, 1.54) is 6.07 Å². The lowest BCUT2D eigenvalue weighted by molar-refractivity contribution is -0.119. The van der Waals surface area contributed by atoms with E-state index in [-0.39, 0.29) is 24.8 Å². The van der Waals surface area contributed by atoms with Crippen LogP contribution in [0.2, 0.25) is 0 Å². The lowest BCUT2D eigenvalue weighted by Gasteiger charge is -2.21. The minimum absolute atomic E-state index is 0.0224. The summed E-state index contributed by atoms with van der Waals surface area (Å²) in [5.41, 5.74) is 6.64. The van der Waals surface area contributed by atoms with Gasteiger partial charge in [0, 0.05) is 30.9 Å². The first-order valence-electron chi connectivity index (χ1n) is 5.71. The van der Waals surface area contributed by atoms with Crippen molar-refractivity contribution in [1.29, 1.82) is 0 Å². The Morgan fingerprint density at radius 1 is 1.47 bits per heavy atom. The summed E-state index contributed by atoms with van der Waals surface area (Å²) >= 11 is 0. The maximum atomic E-state index is 13.6. The Labute approximate surface area is 99.6 Å². The van der Waals surface area contributed by atoms with Gasteiger partial charge in [-0.2, -0.15) is 0 Å². The number of hydrogen-bond acceptors (Lipinski definition) is 3. The number of nitrogens with one attached hydrogen (secondary N) is 1. The van der Waals surface area contributed by atoms with Crippen molar-refractivity contribution in [3.8, 4) is 0 Å². The van der Waals surface area contributed by atoms with Crippen molar-refractivity contribution in [1.82, 2.24) is 5.32 Å². The number of anilines is 1. The van der Waals surface area contributed by atoms with Gasteiger partial charge in [0.25, 0.3) is 0 Å². The number of amides is 1. The van der Waals surface area contributed by atoms with Crippen molar-refractivity contribution in [3.05, 3.63) is 29.6 Å². The van der Waals surface area contributed by atoms with Gasteiger partial charge in [-0.1, -0.05) is 6.07 Å². The van der Waals surface area contributed by atoms with Crippen molar-refractivity contribution >= 4 is 11.6 Å². The molecule has 3 N–H and O–H groups in total. The first-order chi connectivity index (χ1) is 8.20. The van der Waals surface area contributed by atoms with E-state index in [0.29, 0.717) is 12.1 Å². The molecule has 0 aromatic heterocycles. The Bertz CT molecular complexity index is 422. The summed E-state index contributed by atoms with van der Waals surface area (Å²) in [6.07, 6.45) is 0.867. The molecule has 17 heavy (non-hydrogen) atoms. The number of nitrogens with two attached hydrogens (primary N) is 1. The number of hydrogen-bond donors (Lipinski definition) is 2. The fraction of sp³-hybridized carbons (Fsp3) is 0.417. The fourth-order valence-corrected chi connectivity index (χ4v) is 1.92. The van der Waals surface area contributed by atoms with Crippen LogP contribution in [-0.2, 0) is 11.3 Å². The number of carbonyl (C=O) groups excluding carboxylic acids is 1. The molecule has 0 radical (unpaired) electrons. The first kappa shape index (κ1) is 11.9. The minimum Gasteiger partial charge on any atom is -0.362 e. The van der Waals surface area contributed by atoms with Crippen LogP contribution in [0.4, 0.5) is 10.1 Å². The van der Waals surface area contributed by atoms with Crippen LogP contribution in [0, 0.1) is 5.82 Å². The van der Waals surface area contributed by atoms with E-state index in [2.05, 4.69) is 5.32 Å². The SMILES string of the molecule is NCc1ccc(N2CCCNC(=O)C2)cc1F. The van der Waals surface area contributed by atoms with Gasteiger partial charge in [-0.15, -0.1) is 0 Å². The standard InChI is InChI=1S/C12H16FN3O/c13-11-6-10(3-2-9(11)7-14)16-5-1-4-15-12(17)8-16/h2-3,6H,1,4-5,7-8,14H2,(H,15,17). The molecule has 1 aromatic rings. The third-order valence-corrected chi connectivity index (χ3v) is 2.88. The average molecular weight is 237 g/mol. The molecule has 0 atom stereocenters. The number of halogens is 1. The smallest absolute Gasteiger partial charge is 0.239 e. The second kappa shape index (κ2) is 5.14. The van der Waals surface area contributed by atoms with Crippen LogP contribution >= 0.6 is 0 Å². The van der Waals surface area contributed by atoms with E-state index in [0.717, 1.165) is 18.7 Å². The molecule has 0 aliphatic carbocycles. The molecule has 1 heterocycles. The summed E-state index contributed by atoms with van der Waals surface area (Å²) in [7, 11) is 0. The Balaban J connectivity index is 2.20. The predicted octanol–water partition coefficient (Wildman–Crippen LogP) is 0.611. The summed E-state index contributed by atoms with van der Waals surface area (Å²) in [5.74, 6) is -0.333. The van der Waals surface area contributed by atoms with E-state index in [1.54, 1.807) is 6.07 Å². The molecule has 2 rings (SSSR count). The molecule has 0 saturated carbocycles. The second-order valence-electron chi connectivity index (χ2n) is 4.10. The summed E-state index contributed by atoms with van der Waals surface area (Å²) in [5, 5.41) is 2.79. The topological polar surface area (TPSA) is 58.4 Å². The van der Waals surface area contributed by atoms with Gasteiger partial charge in [0.15, 0.2) is 0 Å². The molecule has 0 spiro atoms. The number of benzene rings is 1. The van der Waals surface area contributed by atoms with Crippen LogP contribution < -0.4 is 16.0 Å². The van der Waals surface area contributed by atoms with Crippen LogP contribution in [0.5, 0.6) is 0 Å². The van der Waals surface area contributed by atoms with Crippen molar-refractivity contribution in [2.24, 2.45) is 5.73 Å². The molecule has 92 valence electrons. The van der Waals surface area contributed by atoms with Gasteiger partial charge in [0.2, 0.25) is 5.91 Å². The summed E-state index contributed by atoms with van der Waals surface area (Å²) in [6, 6.07) is 4.93. The van der Waals surface area contributed by atoms with Gasteiger partial charge in [-0.25, -0.2) is 4.39 Å². The van der Waals surface area contributed by atoms with Gasteiger partial charge in [0.05, 0.1) is 6.54 Å². The van der Waals surface area contributed by atoms with Gasteiger partial charge < -0.3 is 16.0 Å². The van der Waals surface area contributed by atoms with Gasteiger partial charge >= 0.3 is 0 Å². The number of nitrogens with zero attached hydrogens (tertiary/aromatic N) is 1. The van der Waals surface area contributed by atoms with Gasteiger partial charge in [-0.05, 0) is 18.6 Å². The third kappa shape index (κ3) is 2.74. The van der Waals surface area contributed by atoms with Crippen molar-refractivity contribution in [2.45, 2.75) is 13.0 Å². The van der Waals surface area contributed by atoms with E-state index < -0.39 is 0 Å². The Hall–Kier alpha value is -1.62. The zero-order valence-electron chi connectivity index (χ0n) is 9.58. The summed E-state index contributed by atoms with van der Waals surface area (Å²) < 4.78 is 13.6. The number of carbonyl (C=O) groups is 1. The average Bonchev–Trinajstić information content (AvgIpc) is 2.54. The molecule has 1 aliphatic heterocycles. The molecular weight excluding hydrogens is 221 g/mol. The number of rotatable bonds is 2. The highest BCUT2D eigenvalue weighted by molar-refractivity contribution is 5.81.